The standard InChI is InChI=1S/C25H27N5O3S/c1-17-4-3-5-20(18(17)2)29-10-12-30(13-11-29)24-25(27-9-8-26-24)34-15-23(31)28-19-6-7-21-22(14-19)33-16-32-21/h3-9,14H,10-13,15-16H2,1-2H3,(H,28,31). The molecule has 2 aliphatic heterocycles. The van der Waals surface area contributed by atoms with E-state index in [9.17, 15) is 4.79 Å². The van der Waals surface area contributed by atoms with Gasteiger partial charge in [0, 0.05) is 56.0 Å². The zero-order valence-electron chi connectivity index (χ0n) is 19.3. The first kappa shape index (κ1) is 22.3. The van der Waals surface area contributed by atoms with Gasteiger partial charge < -0.3 is 24.6 Å². The van der Waals surface area contributed by atoms with Crippen LogP contribution in [0.3, 0.4) is 0 Å². The van der Waals surface area contributed by atoms with Crippen LogP contribution in [-0.4, -0.2) is 54.6 Å². The van der Waals surface area contributed by atoms with Gasteiger partial charge in [-0.3, -0.25) is 4.79 Å². The van der Waals surface area contributed by atoms with Gasteiger partial charge in [0.2, 0.25) is 12.7 Å². The number of fused-ring (bicyclic) bond motifs is 1. The molecule has 5 rings (SSSR count). The Kier molecular flexibility index (Phi) is 6.44. The molecule has 3 heterocycles. The average Bonchev–Trinajstić information content (AvgIpc) is 3.33. The van der Waals surface area contributed by atoms with Gasteiger partial charge in [0.05, 0.1) is 5.75 Å². The van der Waals surface area contributed by atoms with E-state index < -0.39 is 0 Å². The minimum atomic E-state index is -0.111. The van der Waals surface area contributed by atoms with E-state index in [2.05, 4.69) is 57.1 Å². The first-order valence-corrected chi connectivity index (χ1v) is 12.3. The third kappa shape index (κ3) is 4.75. The molecule has 2 aliphatic rings. The Labute approximate surface area is 203 Å². The summed E-state index contributed by atoms with van der Waals surface area (Å²) in [7, 11) is 0. The molecule has 3 aromatic rings. The van der Waals surface area contributed by atoms with Gasteiger partial charge in [0.1, 0.15) is 5.03 Å². The van der Waals surface area contributed by atoms with Crippen LogP contribution in [0.15, 0.2) is 53.8 Å². The molecule has 0 bridgehead atoms. The Bertz CT molecular complexity index is 1200. The molecule has 9 heteroatoms. The number of piperazine rings is 1. The van der Waals surface area contributed by atoms with Gasteiger partial charge in [-0.1, -0.05) is 23.9 Å². The molecule has 1 saturated heterocycles. The van der Waals surface area contributed by atoms with E-state index >= 15 is 0 Å². The lowest BCUT2D eigenvalue weighted by Gasteiger charge is -2.37. The topological polar surface area (TPSA) is 79.8 Å². The van der Waals surface area contributed by atoms with Crippen molar-refractivity contribution in [3.8, 4) is 11.5 Å². The van der Waals surface area contributed by atoms with Crippen molar-refractivity contribution in [2.45, 2.75) is 18.9 Å². The molecule has 1 fully saturated rings. The number of thioether (sulfide) groups is 1. The smallest absolute Gasteiger partial charge is 0.234 e. The number of hydrogen-bond donors (Lipinski definition) is 1. The van der Waals surface area contributed by atoms with E-state index in [1.165, 1.54) is 28.6 Å². The van der Waals surface area contributed by atoms with Crippen molar-refractivity contribution in [2.24, 2.45) is 0 Å². The van der Waals surface area contributed by atoms with E-state index in [4.69, 9.17) is 9.47 Å². The molecule has 0 unspecified atom stereocenters. The van der Waals surface area contributed by atoms with Gasteiger partial charge >= 0.3 is 0 Å². The van der Waals surface area contributed by atoms with Crippen LogP contribution in [0.5, 0.6) is 11.5 Å². The molecular weight excluding hydrogens is 450 g/mol. The summed E-state index contributed by atoms with van der Waals surface area (Å²) in [5.74, 6) is 2.29. The second-order valence-electron chi connectivity index (χ2n) is 8.28. The summed E-state index contributed by atoms with van der Waals surface area (Å²) in [6, 6.07) is 11.8. The van der Waals surface area contributed by atoms with Gasteiger partial charge in [-0.15, -0.1) is 0 Å². The zero-order chi connectivity index (χ0) is 23.5. The molecule has 8 nitrogen and oxygen atoms in total. The first-order chi connectivity index (χ1) is 16.6. The highest BCUT2D eigenvalue weighted by atomic mass is 32.2. The second kappa shape index (κ2) is 9.80. The number of ether oxygens (including phenoxy) is 2. The molecule has 1 amide bonds. The SMILES string of the molecule is Cc1cccc(N2CCN(c3nccnc3SCC(=O)Nc3ccc4c(c3)OCO4)CC2)c1C. The van der Waals surface area contributed by atoms with Crippen molar-refractivity contribution in [1.29, 1.82) is 0 Å². The number of benzene rings is 2. The summed E-state index contributed by atoms with van der Waals surface area (Å²) in [6.45, 7) is 8.07. The zero-order valence-corrected chi connectivity index (χ0v) is 20.1. The normalized spacial score (nSPS) is 14.9. The average molecular weight is 478 g/mol. The predicted molar refractivity (Wildman–Crippen MR) is 134 cm³/mol. The fraction of sp³-hybridized carbons (Fsp3) is 0.320. The molecule has 0 aliphatic carbocycles. The van der Waals surface area contributed by atoms with Gasteiger partial charge in [-0.25, -0.2) is 9.97 Å². The molecule has 0 spiro atoms. The van der Waals surface area contributed by atoms with Crippen LogP contribution in [-0.2, 0) is 4.79 Å². The van der Waals surface area contributed by atoms with E-state index in [-0.39, 0.29) is 18.5 Å². The molecule has 0 atom stereocenters. The minimum absolute atomic E-state index is 0.111. The van der Waals surface area contributed by atoms with E-state index in [1.807, 2.05) is 0 Å². The number of aromatic nitrogens is 2. The van der Waals surface area contributed by atoms with Gasteiger partial charge in [-0.2, -0.15) is 0 Å². The quantitative estimate of drug-likeness (QED) is 0.536. The first-order valence-electron chi connectivity index (χ1n) is 11.3. The Morgan fingerprint density at radius 2 is 1.76 bits per heavy atom. The van der Waals surface area contributed by atoms with Crippen LogP contribution in [0.4, 0.5) is 17.2 Å². The summed E-state index contributed by atoms with van der Waals surface area (Å²) in [6.07, 6.45) is 3.39. The molecule has 34 heavy (non-hydrogen) atoms. The third-order valence-electron chi connectivity index (χ3n) is 6.14. The fourth-order valence-electron chi connectivity index (χ4n) is 4.18. The Morgan fingerprint density at radius 3 is 2.62 bits per heavy atom. The second-order valence-corrected chi connectivity index (χ2v) is 9.25. The third-order valence-corrected chi connectivity index (χ3v) is 7.11. The Morgan fingerprint density at radius 1 is 1.00 bits per heavy atom. The number of carbonyl (C=O) groups excluding carboxylic acids is 1. The lowest BCUT2D eigenvalue weighted by atomic mass is 10.1. The molecule has 0 radical (unpaired) electrons. The molecule has 0 saturated carbocycles. The van der Waals surface area contributed by atoms with Crippen molar-refractivity contribution in [2.75, 3.05) is 53.8 Å². The monoisotopic (exact) mass is 477 g/mol. The summed E-state index contributed by atoms with van der Waals surface area (Å²) in [4.78, 5) is 26.4. The Balaban J connectivity index is 1.19. The lowest BCUT2D eigenvalue weighted by Crippen LogP contribution is -2.47. The van der Waals surface area contributed by atoms with E-state index in [0.717, 1.165) is 37.0 Å². The highest BCUT2D eigenvalue weighted by Gasteiger charge is 2.23. The number of amides is 1. The summed E-state index contributed by atoms with van der Waals surface area (Å²) >= 11 is 1.40. The summed E-state index contributed by atoms with van der Waals surface area (Å²) in [5.41, 5.74) is 4.62. The van der Waals surface area contributed by atoms with Crippen LogP contribution in [0.2, 0.25) is 0 Å². The highest BCUT2D eigenvalue weighted by molar-refractivity contribution is 8.00. The number of aryl methyl sites for hydroxylation is 1. The molecule has 1 N–H and O–H groups in total. The maximum Gasteiger partial charge on any atom is 0.234 e. The lowest BCUT2D eigenvalue weighted by molar-refractivity contribution is -0.113. The van der Waals surface area contributed by atoms with Gasteiger partial charge in [0.25, 0.3) is 0 Å². The number of anilines is 3. The van der Waals surface area contributed by atoms with Crippen LogP contribution in [0.1, 0.15) is 11.1 Å². The van der Waals surface area contributed by atoms with Crippen LogP contribution in [0.25, 0.3) is 0 Å². The van der Waals surface area contributed by atoms with Crippen LogP contribution < -0.4 is 24.6 Å². The van der Waals surface area contributed by atoms with Crippen molar-refractivity contribution < 1.29 is 14.3 Å². The fourth-order valence-corrected chi connectivity index (χ4v) is 4.97. The largest absolute Gasteiger partial charge is 0.454 e. The van der Waals surface area contributed by atoms with Crippen LogP contribution in [0, 0.1) is 13.8 Å². The van der Waals surface area contributed by atoms with Gasteiger partial charge in [-0.05, 0) is 43.2 Å². The van der Waals surface area contributed by atoms with E-state index in [1.54, 1.807) is 30.6 Å². The maximum atomic E-state index is 12.6. The summed E-state index contributed by atoms with van der Waals surface area (Å²) in [5, 5.41) is 3.68. The highest BCUT2D eigenvalue weighted by Crippen LogP contribution is 2.34. The number of nitrogens with zero attached hydrogens (tertiary/aromatic N) is 4. The summed E-state index contributed by atoms with van der Waals surface area (Å²) < 4.78 is 10.7. The number of rotatable bonds is 6. The van der Waals surface area contributed by atoms with Crippen LogP contribution >= 0.6 is 11.8 Å². The molecule has 176 valence electrons. The molecule has 2 aromatic carbocycles. The molecular formula is C25H27N5O3S. The van der Waals surface area contributed by atoms with Crippen molar-refractivity contribution in [1.82, 2.24) is 9.97 Å². The number of hydrogen-bond acceptors (Lipinski definition) is 8. The molecule has 1 aromatic heterocycles. The van der Waals surface area contributed by atoms with Crippen molar-refractivity contribution >= 4 is 34.9 Å². The van der Waals surface area contributed by atoms with Crippen molar-refractivity contribution in [3.05, 3.63) is 59.9 Å². The van der Waals surface area contributed by atoms with Gasteiger partial charge in [0.15, 0.2) is 17.3 Å². The number of carbonyl (C=O) groups is 1. The maximum absolute atomic E-state index is 12.6. The Hall–Kier alpha value is -3.46. The predicted octanol–water partition coefficient (Wildman–Crippen LogP) is 3.88. The number of nitrogens with one attached hydrogen (secondary N) is 1. The van der Waals surface area contributed by atoms with Crippen molar-refractivity contribution in [3.63, 3.8) is 0 Å². The van der Waals surface area contributed by atoms with E-state index in [0.29, 0.717) is 17.2 Å². The minimum Gasteiger partial charge on any atom is -0.454 e.